The van der Waals surface area contributed by atoms with E-state index < -0.39 is 0 Å². The molecule has 0 heteroatoms. The lowest BCUT2D eigenvalue weighted by Crippen LogP contribution is -1.96. The van der Waals surface area contributed by atoms with E-state index >= 15 is 0 Å². The lowest BCUT2D eigenvalue weighted by molar-refractivity contribution is 0.951. The normalized spacial score (nSPS) is 10.5. The van der Waals surface area contributed by atoms with Gasteiger partial charge in [-0.3, -0.25) is 0 Å². The van der Waals surface area contributed by atoms with Crippen LogP contribution in [0.3, 0.4) is 0 Å². The molecule has 0 heterocycles. The van der Waals surface area contributed by atoms with Crippen LogP contribution in [0.4, 0.5) is 0 Å². The van der Waals surface area contributed by atoms with Gasteiger partial charge in [0.05, 0.1) is 0 Å². The van der Waals surface area contributed by atoms with Crippen LogP contribution in [0.1, 0.15) is 16.7 Å². The Labute approximate surface area is 127 Å². The van der Waals surface area contributed by atoms with E-state index in [4.69, 9.17) is 0 Å². The van der Waals surface area contributed by atoms with E-state index in [1.54, 1.807) is 0 Å². The van der Waals surface area contributed by atoms with Crippen molar-refractivity contribution in [3.05, 3.63) is 95.6 Å². The summed E-state index contributed by atoms with van der Waals surface area (Å²) in [5, 5.41) is 0. The van der Waals surface area contributed by atoms with Crippen LogP contribution >= 0.6 is 0 Å². The highest BCUT2D eigenvalue weighted by atomic mass is 14.1. The maximum Gasteiger partial charge on any atom is -0.0152 e. The lowest BCUT2D eigenvalue weighted by Gasteiger charge is -2.11. The van der Waals surface area contributed by atoms with E-state index in [1.807, 2.05) is 0 Å². The average Bonchev–Trinajstić information content (AvgIpc) is 2.55. The second-order valence-corrected chi connectivity index (χ2v) is 5.45. The van der Waals surface area contributed by atoms with Crippen LogP contribution in [0.25, 0.3) is 11.1 Å². The zero-order valence-corrected chi connectivity index (χ0v) is 12.4. The first-order chi connectivity index (χ1) is 10.3. The van der Waals surface area contributed by atoms with Gasteiger partial charge in [-0.25, -0.2) is 0 Å². The Morgan fingerprint density at radius 3 is 1.90 bits per heavy atom. The molecule has 0 aliphatic heterocycles. The minimum atomic E-state index is 1.08. The summed E-state index contributed by atoms with van der Waals surface area (Å²) < 4.78 is 0. The van der Waals surface area contributed by atoms with Crippen molar-refractivity contribution >= 4 is 0 Å². The number of rotatable bonds is 4. The molecule has 0 fully saturated rings. The molecule has 0 radical (unpaired) electrons. The molecule has 0 aromatic heterocycles. The summed E-state index contributed by atoms with van der Waals surface area (Å²) >= 11 is 0. The van der Waals surface area contributed by atoms with E-state index in [1.165, 1.54) is 27.8 Å². The first-order valence-corrected chi connectivity index (χ1v) is 7.52. The molecule has 21 heavy (non-hydrogen) atoms. The Hall–Kier alpha value is -2.34. The molecule has 0 saturated heterocycles. The summed E-state index contributed by atoms with van der Waals surface area (Å²) in [6, 6.07) is 28.1. The SMILES string of the molecule is Cc1ccccc1CCc1ccccc1-c1ccccc1. The van der Waals surface area contributed by atoms with Gasteiger partial charge in [-0.1, -0.05) is 78.9 Å². The summed E-state index contributed by atoms with van der Waals surface area (Å²) in [7, 11) is 0. The van der Waals surface area contributed by atoms with Crippen molar-refractivity contribution in [3.63, 3.8) is 0 Å². The van der Waals surface area contributed by atoms with Crippen LogP contribution in [0, 0.1) is 6.92 Å². The number of benzene rings is 3. The zero-order chi connectivity index (χ0) is 14.5. The zero-order valence-electron chi connectivity index (χ0n) is 12.4. The summed E-state index contributed by atoms with van der Waals surface area (Å²) in [6.45, 7) is 2.19. The highest BCUT2D eigenvalue weighted by Gasteiger charge is 2.05. The molecule has 0 spiro atoms. The summed E-state index contributed by atoms with van der Waals surface area (Å²) in [5.74, 6) is 0. The molecule has 0 atom stereocenters. The van der Waals surface area contributed by atoms with Crippen LogP contribution in [0.5, 0.6) is 0 Å². The first-order valence-electron chi connectivity index (χ1n) is 7.52. The van der Waals surface area contributed by atoms with Gasteiger partial charge in [0.2, 0.25) is 0 Å². The Morgan fingerprint density at radius 1 is 0.571 bits per heavy atom. The number of aryl methyl sites for hydroxylation is 3. The number of hydrogen-bond donors (Lipinski definition) is 0. The fraction of sp³-hybridized carbons (Fsp3) is 0.143. The lowest BCUT2D eigenvalue weighted by atomic mass is 9.94. The van der Waals surface area contributed by atoms with E-state index in [-0.39, 0.29) is 0 Å². The first kappa shape index (κ1) is 13.6. The topological polar surface area (TPSA) is 0 Å². The van der Waals surface area contributed by atoms with Gasteiger partial charge in [0, 0.05) is 0 Å². The molecular formula is C21H20. The molecular weight excluding hydrogens is 252 g/mol. The monoisotopic (exact) mass is 272 g/mol. The van der Waals surface area contributed by atoms with E-state index in [0.717, 1.165) is 12.8 Å². The predicted octanol–water partition coefficient (Wildman–Crippen LogP) is 5.45. The molecule has 0 amide bonds. The van der Waals surface area contributed by atoms with E-state index in [9.17, 15) is 0 Å². The minimum Gasteiger partial charge on any atom is -0.0622 e. The molecule has 0 saturated carbocycles. The standard InChI is InChI=1S/C21H20/c1-17-9-5-6-10-18(17)15-16-20-13-7-8-14-21(20)19-11-3-2-4-12-19/h2-14H,15-16H2,1H3. The maximum absolute atomic E-state index is 2.25. The highest BCUT2D eigenvalue weighted by Crippen LogP contribution is 2.24. The quantitative estimate of drug-likeness (QED) is 0.592. The fourth-order valence-corrected chi connectivity index (χ4v) is 2.80. The molecule has 0 N–H and O–H groups in total. The van der Waals surface area contributed by atoms with Crippen LogP contribution in [-0.2, 0) is 12.8 Å². The third-order valence-electron chi connectivity index (χ3n) is 4.03. The van der Waals surface area contributed by atoms with Gasteiger partial charge in [0.15, 0.2) is 0 Å². The molecule has 0 aliphatic rings. The third-order valence-corrected chi connectivity index (χ3v) is 4.03. The molecule has 3 rings (SSSR count). The Bertz CT molecular complexity index is 711. The smallest absolute Gasteiger partial charge is 0.0152 e. The Kier molecular flexibility index (Phi) is 4.16. The van der Waals surface area contributed by atoms with Gasteiger partial charge in [-0.2, -0.15) is 0 Å². The molecule has 3 aromatic carbocycles. The summed E-state index contributed by atoms with van der Waals surface area (Å²) in [4.78, 5) is 0. The molecule has 104 valence electrons. The summed E-state index contributed by atoms with van der Waals surface area (Å²) in [6.07, 6.45) is 2.17. The van der Waals surface area contributed by atoms with Crippen molar-refractivity contribution in [2.45, 2.75) is 19.8 Å². The Balaban J connectivity index is 1.85. The van der Waals surface area contributed by atoms with Gasteiger partial charge >= 0.3 is 0 Å². The van der Waals surface area contributed by atoms with Crippen LogP contribution in [-0.4, -0.2) is 0 Å². The average molecular weight is 272 g/mol. The van der Waals surface area contributed by atoms with Crippen molar-refractivity contribution in [2.24, 2.45) is 0 Å². The second-order valence-electron chi connectivity index (χ2n) is 5.45. The van der Waals surface area contributed by atoms with Gasteiger partial charge in [-0.15, -0.1) is 0 Å². The fourth-order valence-electron chi connectivity index (χ4n) is 2.80. The highest BCUT2D eigenvalue weighted by molar-refractivity contribution is 5.67. The van der Waals surface area contributed by atoms with Crippen LogP contribution in [0.2, 0.25) is 0 Å². The largest absolute Gasteiger partial charge is 0.0622 e. The van der Waals surface area contributed by atoms with Gasteiger partial charge in [-0.05, 0) is 47.6 Å². The molecule has 0 bridgehead atoms. The summed E-state index contributed by atoms with van der Waals surface area (Å²) in [5.41, 5.74) is 6.91. The molecule has 3 aromatic rings. The maximum atomic E-state index is 2.25. The van der Waals surface area contributed by atoms with Gasteiger partial charge < -0.3 is 0 Å². The van der Waals surface area contributed by atoms with Crippen LogP contribution in [0.15, 0.2) is 78.9 Å². The Morgan fingerprint density at radius 2 is 1.14 bits per heavy atom. The van der Waals surface area contributed by atoms with Gasteiger partial charge in [0.25, 0.3) is 0 Å². The van der Waals surface area contributed by atoms with Crippen LogP contribution < -0.4 is 0 Å². The predicted molar refractivity (Wildman–Crippen MR) is 90.5 cm³/mol. The molecule has 0 unspecified atom stereocenters. The van der Waals surface area contributed by atoms with Crippen molar-refractivity contribution in [1.82, 2.24) is 0 Å². The minimum absolute atomic E-state index is 1.08. The van der Waals surface area contributed by atoms with E-state index in [2.05, 4.69) is 85.8 Å². The third kappa shape index (κ3) is 3.22. The number of hydrogen-bond acceptors (Lipinski definition) is 0. The van der Waals surface area contributed by atoms with E-state index in [0.29, 0.717) is 0 Å². The molecule has 0 aliphatic carbocycles. The van der Waals surface area contributed by atoms with Crippen molar-refractivity contribution < 1.29 is 0 Å². The van der Waals surface area contributed by atoms with Crippen molar-refractivity contribution in [1.29, 1.82) is 0 Å². The van der Waals surface area contributed by atoms with Gasteiger partial charge in [0.1, 0.15) is 0 Å². The molecule has 0 nitrogen and oxygen atoms in total. The van der Waals surface area contributed by atoms with Crippen molar-refractivity contribution in [3.8, 4) is 11.1 Å². The van der Waals surface area contributed by atoms with Crippen molar-refractivity contribution in [2.75, 3.05) is 0 Å². The second kappa shape index (κ2) is 6.41.